The van der Waals surface area contributed by atoms with Crippen LogP contribution in [-0.2, 0) is 29.2 Å². The predicted octanol–water partition coefficient (Wildman–Crippen LogP) is 4.18. The molecule has 3 aliphatic rings. The number of carbonyl (C=O) groups is 5. The molecule has 324 valence electrons. The Hall–Kier alpha value is -6.23. The third-order valence-corrected chi connectivity index (χ3v) is 13.2. The van der Waals surface area contributed by atoms with Crippen LogP contribution >= 0.6 is 0 Å². The van der Waals surface area contributed by atoms with E-state index in [1.165, 1.54) is 24.2 Å². The van der Waals surface area contributed by atoms with E-state index < -0.39 is 86.1 Å². The van der Waals surface area contributed by atoms with Crippen molar-refractivity contribution in [2.24, 2.45) is 11.3 Å². The minimum absolute atomic E-state index is 0.0536. The highest BCUT2D eigenvalue weighted by atomic mass is 32.2. The summed E-state index contributed by atoms with van der Waals surface area (Å²) in [5.74, 6) is -2.91. The molecule has 2 heterocycles. The Morgan fingerprint density at radius 3 is 2.34 bits per heavy atom. The van der Waals surface area contributed by atoms with E-state index in [-0.39, 0.29) is 25.9 Å². The van der Waals surface area contributed by atoms with Crippen LogP contribution in [0.1, 0.15) is 46.5 Å². The number of carboxylic acid groups (broad SMARTS) is 1. The number of ether oxygens (including phenoxy) is 2. The number of aromatic nitrogens is 1. The summed E-state index contributed by atoms with van der Waals surface area (Å²) >= 11 is 0. The fourth-order valence-electron chi connectivity index (χ4n) is 7.79. The van der Waals surface area contributed by atoms with Crippen molar-refractivity contribution in [1.29, 1.82) is 0 Å². The van der Waals surface area contributed by atoms with Crippen molar-refractivity contribution in [2.75, 3.05) is 20.2 Å². The summed E-state index contributed by atoms with van der Waals surface area (Å²) in [6, 6.07) is 12.3. The van der Waals surface area contributed by atoms with Crippen LogP contribution in [0, 0.1) is 11.3 Å². The van der Waals surface area contributed by atoms with Gasteiger partial charge in [-0.3, -0.25) is 28.8 Å². The monoisotopic (exact) mass is 856 g/mol. The summed E-state index contributed by atoms with van der Waals surface area (Å²) in [4.78, 5) is 76.3. The lowest BCUT2D eigenvalue weighted by atomic mass is 9.80. The number of carbonyl (C=O) groups excluding carboxylic acids is 4. The quantitative estimate of drug-likeness (QED) is 0.112. The first-order valence-electron chi connectivity index (χ1n) is 19.9. The summed E-state index contributed by atoms with van der Waals surface area (Å²) in [6.07, 6.45) is 2.12. The van der Waals surface area contributed by atoms with Crippen LogP contribution < -0.4 is 24.8 Å². The second-order valence-electron chi connectivity index (χ2n) is 16.6. The zero-order valence-electron chi connectivity index (χ0n) is 34.6. The molecule has 5 amide bonds. The first-order chi connectivity index (χ1) is 28.9. The van der Waals surface area contributed by atoms with Gasteiger partial charge in [-0.25, -0.2) is 18.2 Å². The highest BCUT2D eigenvalue weighted by Gasteiger charge is 2.62. The first-order valence-corrected chi connectivity index (χ1v) is 21.5. The maximum absolute atomic E-state index is 15.2. The third kappa shape index (κ3) is 9.41. The Morgan fingerprint density at radius 2 is 1.77 bits per heavy atom. The Morgan fingerprint density at radius 1 is 1.07 bits per heavy atom. The predicted molar refractivity (Wildman–Crippen MR) is 228 cm³/mol. The van der Waals surface area contributed by atoms with E-state index in [0.717, 1.165) is 16.5 Å². The molecule has 6 rings (SSSR count). The van der Waals surface area contributed by atoms with Crippen molar-refractivity contribution in [2.45, 2.75) is 81.5 Å². The van der Waals surface area contributed by atoms with Crippen molar-refractivity contribution < 1.29 is 47.0 Å². The van der Waals surface area contributed by atoms with Gasteiger partial charge in [0.1, 0.15) is 35.2 Å². The second kappa shape index (κ2) is 17.4. The first kappa shape index (κ1) is 44.3. The molecule has 0 spiro atoms. The molecule has 1 aliphatic heterocycles. The lowest BCUT2D eigenvalue weighted by molar-refractivity contribution is -0.145. The second-order valence-corrected chi connectivity index (χ2v) is 18.6. The average Bonchev–Trinajstić information content (AvgIpc) is 4.16. The van der Waals surface area contributed by atoms with E-state index in [4.69, 9.17) is 14.5 Å². The molecule has 16 nitrogen and oxygen atoms in total. The molecule has 1 aromatic heterocycles. The van der Waals surface area contributed by atoms with E-state index in [2.05, 4.69) is 35.1 Å². The van der Waals surface area contributed by atoms with Crippen molar-refractivity contribution in [3.63, 3.8) is 0 Å². The van der Waals surface area contributed by atoms with E-state index >= 15 is 4.79 Å². The molecule has 3 fully saturated rings. The zero-order valence-corrected chi connectivity index (χ0v) is 35.4. The molecular weight excluding hydrogens is 805 g/mol. The smallest absolute Gasteiger partial charge is 0.408 e. The van der Waals surface area contributed by atoms with Crippen LogP contribution in [0.4, 0.5) is 4.79 Å². The minimum atomic E-state index is -3.99. The number of methoxy groups -OCH3 is 1. The van der Waals surface area contributed by atoms with Crippen molar-refractivity contribution in [1.82, 2.24) is 30.1 Å². The molecule has 1 saturated heterocycles. The van der Waals surface area contributed by atoms with Crippen LogP contribution in [0.15, 0.2) is 92.6 Å². The number of fused-ring (bicyclic) bond motifs is 1. The normalized spacial score (nSPS) is 21.9. The van der Waals surface area contributed by atoms with Gasteiger partial charge in [0, 0.05) is 42.0 Å². The minimum Gasteiger partial charge on any atom is -0.497 e. The fourth-order valence-corrected chi connectivity index (χ4v) is 9.15. The number of hydrogen-bond donors (Lipinski definition) is 4. The molecule has 3 aromatic rings. The molecule has 2 aliphatic carbocycles. The molecule has 0 bridgehead atoms. The molecule has 1 unspecified atom stereocenters. The Labute approximate surface area is 355 Å². The van der Waals surface area contributed by atoms with E-state index in [1.807, 2.05) is 30.3 Å². The molecule has 6 atom stereocenters. The fraction of sp³-hybridized carbons (Fsp3) is 0.409. The average molecular weight is 857 g/mol. The van der Waals surface area contributed by atoms with Crippen LogP contribution in [0.3, 0.4) is 0 Å². The Kier molecular flexibility index (Phi) is 12.6. The number of likely N-dealkylation sites (tertiary alicyclic amines) is 1. The van der Waals surface area contributed by atoms with Gasteiger partial charge in [0.15, 0.2) is 0 Å². The van der Waals surface area contributed by atoms with Gasteiger partial charge in [0.2, 0.25) is 27.7 Å². The van der Waals surface area contributed by atoms with Crippen LogP contribution in [0.2, 0.25) is 0 Å². The molecular formula is C44H52N6O10S. The van der Waals surface area contributed by atoms with Gasteiger partial charge in [-0.15, -0.1) is 13.2 Å². The zero-order chi connectivity index (χ0) is 44.4. The maximum Gasteiger partial charge on any atom is 0.408 e. The Bertz CT molecular complexity index is 2360. The van der Waals surface area contributed by atoms with Crippen molar-refractivity contribution in [3.05, 3.63) is 92.6 Å². The number of hydrogen-bond acceptors (Lipinski definition) is 10. The lowest BCUT2D eigenvalue weighted by Crippen LogP contribution is -2.65. The molecule has 17 heteroatoms. The molecule has 0 radical (unpaired) electrons. The summed E-state index contributed by atoms with van der Waals surface area (Å²) in [7, 11) is -2.46. The van der Waals surface area contributed by atoms with E-state index in [9.17, 15) is 32.7 Å². The number of sulfonamides is 1. The van der Waals surface area contributed by atoms with E-state index in [0.29, 0.717) is 40.9 Å². The summed E-state index contributed by atoms with van der Waals surface area (Å²) < 4.78 is 40.0. The molecule has 2 aromatic carbocycles. The van der Waals surface area contributed by atoms with Gasteiger partial charge < -0.3 is 30.1 Å². The van der Waals surface area contributed by atoms with Gasteiger partial charge in [0.05, 0.1) is 36.2 Å². The number of rotatable bonds is 17. The number of nitrogens with zero attached hydrogens (tertiary/aromatic N) is 3. The van der Waals surface area contributed by atoms with Crippen LogP contribution in [-0.4, -0.2) is 113 Å². The SMILES string of the molecule is C=CCN(C(=O)O)[C@H](C(=O)N1C[C@H](Oc2cc(-c3ccccc3)nc3cc(OC)ccc23)C[C@H]1C(=O)N[C@]1(C(=O)NS(=O)(=O)C2CC2)C[C@H]1C=C)C(NC(=O)C=C)C(C)(C)C. The van der Waals surface area contributed by atoms with Crippen LogP contribution in [0.5, 0.6) is 11.5 Å². The van der Waals surface area contributed by atoms with Gasteiger partial charge in [-0.1, -0.05) is 69.8 Å². The lowest BCUT2D eigenvalue weighted by Gasteiger charge is -2.42. The molecule has 61 heavy (non-hydrogen) atoms. The topological polar surface area (TPSA) is 214 Å². The van der Waals surface area contributed by atoms with Gasteiger partial charge in [0.25, 0.3) is 5.91 Å². The number of nitrogens with one attached hydrogen (secondary N) is 3. The number of benzene rings is 2. The van der Waals surface area contributed by atoms with Gasteiger partial charge in [-0.2, -0.15) is 0 Å². The number of pyridine rings is 1. The summed E-state index contributed by atoms with van der Waals surface area (Å²) in [5.41, 5.74) is -0.712. The van der Waals surface area contributed by atoms with Crippen LogP contribution in [0.25, 0.3) is 22.2 Å². The highest BCUT2D eigenvalue weighted by molar-refractivity contribution is 7.91. The van der Waals surface area contributed by atoms with Gasteiger partial charge in [-0.05, 0) is 42.9 Å². The summed E-state index contributed by atoms with van der Waals surface area (Å²) in [5, 5.41) is 15.9. The third-order valence-electron chi connectivity index (χ3n) is 11.3. The molecule has 2 saturated carbocycles. The largest absolute Gasteiger partial charge is 0.497 e. The standard InChI is InChI=1S/C44H52N6O10S/c1-8-20-49(42(55)56)37(38(43(4,5)6)46-36(51)10-3)40(53)50-25-29(22-34(50)39(52)47-44(24-27(44)9-2)41(54)48-61(57,58)30-17-18-30)60-35-23-32(26-14-12-11-13-15-26)45-33-21-28(59-7)16-19-31(33)35/h8-16,19,21,23,27,29-30,34,37-38H,1-3,17-18,20,22,24-25H2,4-7H3,(H,46,51)(H,47,52)(H,48,54)(H,55,56)/t27-,29-,34+,37+,38?,44-/m1/s1. The van der Waals surface area contributed by atoms with Gasteiger partial charge >= 0.3 is 6.09 Å². The summed E-state index contributed by atoms with van der Waals surface area (Å²) in [6.45, 7) is 15.6. The van der Waals surface area contributed by atoms with Crippen molar-refractivity contribution in [3.8, 4) is 22.8 Å². The Balaban J connectivity index is 1.43. The molecule has 4 N–H and O–H groups in total. The maximum atomic E-state index is 15.2. The van der Waals surface area contributed by atoms with Crippen molar-refractivity contribution >= 4 is 50.6 Å². The number of amides is 5. The van der Waals surface area contributed by atoms with E-state index in [1.54, 1.807) is 45.0 Å². The highest BCUT2D eigenvalue weighted by Crippen LogP contribution is 2.46.